The van der Waals surface area contributed by atoms with Crippen LogP contribution in [0.15, 0.2) is 54.6 Å². The molecule has 0 fully saturated rings. The van der Waals surface area contributed by atoms with Gasteiger partial charge in [0.1, 0.15) is 0 Å². The Morgan fingerprint density at radius 1 is 0.833 bits per heavy atom. The van der Waals surface area contributed by atoms with E-state index in [1.165, 1.54) is 11.1 Å². The van der Waals surface area contributed by atoms with Crippen molar-refractivity contribution in [2.75, 3.05) is 0 Å². The van der Waals surface area contributed by atoms with Gasteiger partial charge in [0, 0.05) is 11.6 Å². The standard InChI is InChI=1S/C20H18N2O2/c1-13-8-9-16(12-15(13)3)18-10-11-19(22-21-18)24-20(23)17-7-5-4-6-14(17)2/h4-12H,1-3H3. The highest BCUT2D eigenvalue weighted by Gasteiger charge is 2.12. The van der Waals surface area contributed by atoms with E-state index in [4.69, 9.17) is 4.74 Å². The van der Waals surface area contributed by atoms with Gasteiger partial charge in [-0.1, -0.05) is 30.3 Å². The average Bonchev–Trinajstić information content (AvgIpc) is 2.58. The smallest absolute Gasteiger partial charge is 0.345 e. The summed E-state index contributed by atoms with van der Waals surface area (Å²) >= 11 is 0. The molecule has 120 valence electrons. The van der Waals surface area contributed by atoms with Crippen LogP contribution in [-0.2, 0) is 0 Å². The third-order valence-corrected chi connectivity index (χ3v) is 4.00. The summed E-state index contributed by atoms with van der Waals surface area (Å²) in [6.07, 6.45) is 0. The van der Waals surface area contributed by atoms with E-state index in [9.17, 15) is 4.79 Å². The predicted molar refractivity (Wildman–Crippen MR) is 93.1 cm³/mol. The van der Waals surface area contributed by atoms with Gasteiger partial charge in [0.05, 0.1) is 11.3 Å². The van der Waals surface area contributed by atoms with E-state index in [-0.39, 0.29) is 5.88 Å². The lowest BCUT2D eigenvalue weighted by molar-refractivity contribution is 0.0725. The average molecular weight is 318 g/mol. The number of rotatable bonds is 3. The summed E-state index contributed by atoms with van der Waals surface area (Å²) in [6.45, 7) is 5.99. The summed E-state index contributed by atoms with van der Waals surface area (Å²) < 4.78 is 5.30. The molecule has 24 heavy (non-hydrogen) atoms. The van der Waals surface area contributed by atoms with Crippen LogP contribution in [-0.4, -0.2) is 16.2 Å². The minimum absolute atomic E-state index is 0.191. The lowest BCUT2D eigenvalue weighted by Gasteiger charge is -2.07. The fourth-order valence-corrected chi connectivity index (χ4v) is 2.38. The van der Waals surface area contributed by atoms with E-state index in [1.54, 1.807) is 24.3 Å². The summed E-state index contributed by atoms with van der Waals surface area (Å²) in [5.74, 6) is -0.239. The number of esters is 1. The maximum atomic E-state index is 12.2. The van der Waals surface area contributed by atoms with Crippen LogP contribution in [0.1, 0.15) is 27.0 Å². The molecule has 2 aromatic carbocycles. The van der Waals surface area contributed by atoms with Crippen LogP contribution in [0.5, 0.6) is 5.88 Å². The van der Waals surface area contributed by atoms with Crippen LogP contribution < -0.4 is 4.74 Å². The third-order valence-electron chi connectivity index (χ3n) is 4.00. The molecule has 0 aliphatic rings. The second kappa shape index (κ2) is 6.62. The minimum atomic E-state index is -0.429. The molecule has 0 saturated heterocycles. The van der Waals surface area contributed by atoms with Gasteiger partial charge in [0.15, 0.2) is 0 Å². The van der Waals surface area contributed by atoms with E-state index in [0.717, 1.165) is 16.8 Å². The molecule has 0 saturated carbocycles. The molecule has 0 N–H and O–H groups in total. The first-order chi connectivity index (χ1) is 11.5. The lowest BCUT2D eigenvalue weighted by Crippen LogP contribution is -2.11. The van der Waals surface area contributed by atoms with Crippen LogP contribution in [0.2, 0.25) is 0 Å². The van der Waals surface area contributed by atoms with Crippen molar-refractivity contribution < 1.29 is 9.53 Å². The first-order valence-electron chi connectivity index (χ1n) is 7.74. The van der Waals surface area contributed by atoms with E-state index in [0.29, 0.717) is 5.56 Å². The van der Waals surface area contributed by atoms with Gasteiger partial charge in [-0.05, 0) is 55.7 Å². The fourth-order valence-electron chi connectivity index (χ4n) is 2.38. The molecule has 3 aromatic rings. The van der Waals surface area contributed by atoms with E-state index in [2.05, 4.69) is 36.2 Å². The van der Waals surface area contributed by atoms with Crippen LogP contribution in [0.4, 0.5) is 0 Å². The fraction of sp³-hybridized carbons (Fsp3) is 0.150. The number of benzene rings is 2. The van der Waals surface area contributed by atoms with Crippen LogP contribution in [0.3, 0.4) is 0 Å². The highest BCUT2D eigenvalue weighted by atomic mass is 16.5. The largest absolute Gasteiger partial charge is 0.402 e. The normalized spacial score (nSPS) is 10.5. The molecule has 0 aliphatic carbocycles. The Balaban J connectivity index is 1.78. The number of ether oxygens (including phenoxy) is 1. The molecule has 1 aromatic heterocycles. The molecule has 3 rings (SSSR count). The maximum absolute atomic E-state index is 12.2. The van der Waals surface area contributed by atoms with E-state index >= 15 is 0 Å². The van der Waals surface area contributed by atoms with Gasteiger partial charge in [0.2, 0.25) is 5.88 Å². The summed E-state index contributed by atoms with van der Waals surface area (Å²) in [6, 6.07) is 16.9. The molecule has 0 spiro atoms. The van der Waals surface area contributed by atoms with Crippen molar-refractivity contribution in [2.24, 2.45) is 0 Å². The molecule has 0 radical (unpaired) electrons. The first-order valence-corrected chi connectivity index (χ1v) is 7.74. The zero-order valence-electron chi connectivity index (χ0n) is 13.9. The highest BCUT2D eigenvalue weighted by Crippen LogP contribution is 2.21. The van der Waals surface area contributed by atoms with Crippen molar-refractivity contribution in [1.29, 1.82) is 0 Å². The Morgan fingerprint density at radius 2 is 1.62 bits per heavy atom. The summed E-state index contributed by atoms with van der Waals surface area (Å²) in [4.78, 5) is 12.2. The molecule has 1 heterocycles. The summed E-state index contributed by atoms with van der Waals surface area (Å²) in [7, 11) is 0. The van der Waals surface area contributed by atoms with E-state index < -0.39 is 5.97 Å². The number of nitrogens with zero attached hydrogens (tertiary/aromatic N) is 2. The van der Waals surface area contributed by atoms with Gasteiger partial charge < -0.3 is 4.74 Å². The topological polar surface area (TPSA) is 52.1 Å². The molecule has 0 aliphatic heterocycles. The van der Waals surface area contributed by atoms with Crippen molar-refractivity contribution in [1.82, 2.24) is 10.2 Å². The van der Waals surface area contributed by atoms with E-state index in [1.807, 2.05) is 25.1 Å². The van der Waals surface area contributed by atoms with Gasteiger partial charge in [-0.15, -0.1) is 10.2 Å². The summed E-state index contributed by atoms with van der Waals surface area (Å²) in [5.41, 5.74) is 5.55. The van der Waals surface area contributed by atoms with Gasteiger partial charge in [-0.25, -0.2) is 4.79 Å². The SMILES string of the molecule is Cc1ccc(-c2ccc(OC(=O)c3ccccc3C)nn2)cc1C. The molecule has 0 bridgehead atoms. The highest BCUT2D eigenvalue weighted by molar-refractivity contribution is 5.92. The Morgan fingerprint density at radius 3 is 2.29 bits per heavy atom. The Labute approximate surface area is 141 Å². The van der Waals surface area contributed by atoms with Crippen molar-refractivity contribution in [3.05, 3.63) is 76.9 Å². The molecule has 0 amide bonds. The molecule has 0 atom stereocenters. The third kappa shape index (κ3) is 3.33. The molecular weight excluding hydrogens is 300 g/mol. The van der Waals surface area contributed by atoms with Gasteiger partial charge in [-0.2, -0.15) is 0 Å². The van der Waals surface area contributed by atoms with Crippen molar-refractivity contribution >= 4 is 5.97 Å². The molecule has 0 unspecified atom stereocenters. The van der Waals surface area contributed by atoms with Crippen molar-refractivity contribution in [2.45, 2.75) is 20.8 Å². The monoisotopic (exact) mass is 318 g/mol. The molecule has 4 nitrogen and oxygen atoms in total. The van der Waals surface area contributed by atoms with Gasteiger partial charge in [0.25, 0.3) is 0 Å². The molecular formula is C20H18N2O2. The maximum Gasteiger partial charge on any atom is 0.345 e. The Hall–Kier alpha value is -3.01. The van der Waals surface area contributed by atoms with Crippen molar-refractivity contribution in [3.8, 4) is 17.1 Å². The number of carbonyl (C=O) groups is 1. The lowest BCUT2D eigenvalue weighted by atomic mass is 10.0. The number of hydrogen-bond acceptors (Lipinski definition) is 4. The number of carbonyl (C=O) groups excluding carboxylic acids is 1. The second-order valence-corrected chi connectivity index (χ2v) is 5.76. The van der Waals surface area contributed by atoms with Gasteiger partial charge >= 0.3 is 5.97 Å². The predicted octanol–water partition coefficient (Wildman–Crippen LogP) is 4.29. The zero-order chi connectivity index (χ0) is 17.1. The quantitative estimate of drug-likeness (QED) is 0.676. The molecule has 4 heteroatoms. The summed E-state index contributed by atoms with van der Waals surface area (Å²) in [5, 5.41) is 8.17. The minimum Gasteiger partial charge on any atom is -0.402 e. The first kappa shape index (κ1) is 15.9. The number of aromatic nitrogens is 2. The zero-order valence-corrected chi connectivity index (χ0v) is 13.9. The van der Waals surface area contributed by atoms with Crippen molar-refractivity contribution in [3.63, 3.8) is 0 Å². The number of aryl methyl sites for hydroxylation is 3. The Bertz CT molecular complexity index is 886. The Kier molecular flexibility index (Phi) is 4.38. The van der Waals surface area contributed by atoms with Crippen LogP contribution in [0.25, 0.3) is 11.3 Å². The van der Waals surface area contributed by atoms with Gasteiger partial charge in [-0.3, -0.25) is 0 Å². The van der Waals surface area contributed by atoms with Crippen LogP contribution in [0, 0.1) is 20.8 Å². The second-order valence-electron chi connectivity index (χ2n) is 5.76. The van der Waals surface area contributed by atoms with Crippen LogP contribution >= 0.6 is 0 Å². The number of hydrogen-bond donors (Lipinski definition) is 0.